The largest absolute Gasteiger partial charge is 0.389 e. The number of rotatable bonds is 2. The summed E-state index contributed by atoms with van der Waals surface area (Å²) in [4.78, 5) is 0. The summed E-state index contributed by atoms with van der Waals surface area (Å²) in [5.41, 5.74) is 2.04. The van der Waals surface area contributed by atoms with Gasteiger partial charge >= 0.3 is 0 Å². The van der Waals surface area contributed by atoms with Gasteiger partial charge in [-0.05, 0) is 32.9 Å². The van der Waals surface area contributed by atoms with Crippen LogP contribution in [0.5, 0.6) is 0 Å². The van der Waals surface area contributed by atoms with E-state index in [0.717, 1.165) is 21.5 Å². The third-order valence-electron chi connectivity index (χ3n) is 2.83. The highest BCUT2D eigenvalue weighted by Gasteiger charge is 2.13. The molecular formula is C13H16ClNO. The molecule has 1 unspecified atom stereocenters. The van der Waals surface area contributed by atoms with Gasteiger partial charge in [-0.25, -0.2) is 0 Å². The van der Waals surface area contributed by atoms with Crippen LogP contribution in [0.4, 0.5) is 0 Å². The first-order chi connectivity index (χ1) is 7.50. The summed E-state index contributed by atoms with van der Waals surface area (Å²) in [5.74, 6) is 0. The maximum atomic E-state index is 9.74. The zero-order valence-electron chi connectivity index (χ0n) is 9.74. The summed E-state index contributed by atoms with van der Waals surface area (Å²) in [6, 6.07) is 6.13. The van der Waals surface area contributed by atoms with Gasteiger partial charge in [0, 0.05) is 28.2 Å². The van der Waals surface area contributed by atoms with Crippen molar-refractivity contribution in [3.63, 3.8) is 0 Å². The Labute approximate surface area is 100 Å². The highest BCUT2D eigenvalue weighted by atomic mass is 35.5. The number of aromatic nitrogens is 1. The Balaban J connectivity index is 2.76. The third-order valence-corrected chi connectivity index (χ3v) is 3.07. The summed E-state index contributed by atoms with van der Waals surface area (Å²) >= 11 is 6.01. The number of aliphatic hydroxyl groups excluding tert-OH is 1. The first-order valence-electron chi connectivity index (χ1n) is 5.48. The minimum Gasteiger partial charge on any atom is -0.389 e. The lowest BCUT2D eigenvalue weighted by molar-refractivity contribution is 0.200. The van der Waals surface area contributed by atoms with Crippen LogP contribution in [0.25, 0.3) is 10.9 Å². The van der Waals surface area contributed by atoms with E-state index in [1.54, 1.807) is 6.92 Å². The monoisotopic (exact) mass is 237 g/mol. The molecule has 1 aromatic heterocycles. The highest BCUT2D eigenvalue weighted by Crippen LogP contribution is 2.30. The first-order valence-corrected chi connectivity index (χ1v) is 5.86. The predicted molar refractivity (Wildman–Crippen MR) is 68.0 cm³/mol. The Morgan fingerprint density at radius 2 is 1.94 bits per heavy atom. The standard InChI is InChI=1S/C13H16ClNO/c1-8(2)15-7-12(9(3)16)11-5-4-10(14)6-13(11)15/h4-9,16H,1-3H3. The zero-order valence-corrected chi connectivity index (χ0v) is 10.5. The number of halogens is 1. The molecule has 0 saturated heterocycles. The molecule has 0 amide bonds. The molecule has 86 valence electrons. The highest BCUT2D eigenvalue weighted by molar-refractivity contribution is 6.31. The maximum absolute atomic E-state index is 9.74. The van der Waals surface area contributed by atoms with Crippen LogP contribution in [0.3, 0.4) is 0 Å². The van der Waals surface area contributed by atoms with Gasteiger partial charge in [-0.1, -0.05) is 17.7 Å². The average Bonchev–Trinajstić information content (AvgIpc) is 2.56. The van der Waals surface area contributed by atoms with Gasteiger partial charge in [0.05, 0.1) is 11.6 Å². The molecular weight excluding hydrogens is 222 g/mol. The zero-order chi connectivity index (χ0) is 11.9. The fourth-order valence-corrected chi connectivity index (χ4v) is 2.18. The molecule has 0 aliphatic rings. The molecule has 1 heterocycles. The van der Waals surface area contributed by atoms with Gasteiger partial charge in [-0.3, -0.25) is 0 Å². The van der Waals surface area contributed by atoms with Crippen LogP contribution in [-0.2, 0) is 0 Å². The van der Waals surface area contributed by atoms with Gasteiger partial charge < -0.3 is 9.67 Å². The molecule has 0 bridgehead atoms. The Hall–Kier alpha value is -0.990. The molecule has 2 aromatic rings. The molecule has 0 aliphatic heterocycles. The van der Waals surface area contributed by atoms with Crippen LogP contribution in [0.15, 0.2) is 24.4 Å². The summed E-state index contributed by atoms with van der Waals surface area (Å²) in [6.45, 7) is 6.02. The number of nitrogens with zero attached hydrogens (tertiary/aromatic N) is 1. The van der Waals surface area contributed by atoms with Crippen LogP contribution >= 0.6 is 11.6 Å². The van der Waals surface area contributed by atoms with E-state index in [0.29, 0.717) is 6.04 Å². The van der Waals surface area contributed by atoms with E-state index in [2.05, 4.69) is 18.4 Å². The molecule has 0 aliphatic carbocycles. The van der Waals surface area contributed by atoms with E-state index in [-0.39, 0.29) is 0 Å². The van der Waals surface area contributed by atoms with Crippen molar-refractivity contribution in [1.29, 1.82) is 0 Å². The summed E-state index contributed by atoms with van der Waals surface area (Å²) in [7, 11) is 0. The molecule has 1 atom stereocenters. The van der Waals surface area contributed by atoms with Crippen molar-refractivity contribution in [1.82, 2.24) is 4.57 Å². The van der Waals surface area contributed by atoms with Crippen molar-refractivity contribution < 1.29 is 5.11 Å². The number of benzene rings is 1. The molecule has 3 heteroatoms. The van der Waals surface area contributed by atoms with Crippen LogP contribution in [0, 0.1) is 0 Å². The molecule has 1 N–H and O–H groups in total. The van der Waals surface area contributed by atoms with E-state index in [1.165, 1.54) is 0 Å². The van der Waals surface area contributed by atoms with Gasteiger partial charge in [0.25, 0.3) is 0 Å². The second-order valence-electron chi connectivity index (χ2n) is 4.42. The van der Waals surface area contributed by atoms with Crippen LogP contribution in [-0.4, -0.2) is 9.67 Å². The van der Waals surface area contributed by atoms with E-state index in [1.807, 2.05) is 24.4 Å². The lowest BCUT2D eigenvalue weighted by atomic mass is 10.1. The molecule has 16 heavy (non-hydrogen) atoms. The number of hydrogen-bond acceptors (Lipinski definition) is 1. The van der Waals surface area contributed by atoms with Crippen LogP contribution in [0.1, 0.15) is 38.5 Å². The molecule has 0 radical (unpaired) electrons. The summed E-state index contributed by atoms with van der Waals surface area (Å²) in [6.07, 6.45) is 1.56. The minimum atomic E-state index is -0.455. The second kappa shape index (κ2) is 4.11. The summed E-state index contributed by atoms with van der Waals surface area (Å²) < 4.78 is 2.14. The van der Waals surface area contributed by atoms with Crippen molar-refractivity contribution in [2.24, 2.45) is 0 Å². The predicted octanol–water partition coefficient (Wildman–Crippen LogP) is 3.93. The Bertz CT molecular complexity index is 514. The molecule has 2 rings (SSSR count). The lowest BCUT2D eigenvalue weighted by Crippen LogP contribution is -1.98. The van der Waals surface area contributed by atoms with E-state index >= 15 is 0 Å². The SMILES string of the molecule is CC(O)c1cn(C(C)C)c2cc(Cl)ccc12. The maximum Gasteiger partial charge on any atom is 0.0782 e. The molecule has 0 fully saturated rings. The fourth-order valence-electron chi connectivity index (χ4n) is 2.01. The van der Waals surface area contributed by atoms with Crippen LogP contribution < -0.4 is 0 Å². The van der Waals surface area contributed by atoms with E-state index in [9.17, 15) is 5.11 Å². The number of aliphatic hydroxyl groups is 1. The van der Waals surface area contributed by atoms with E-state index < -0.39 is 6.10 Å². The fraction of sp³-hybridized carbons (Fsp3) is 0.385. The van der Waals surface area contributed by atoms with Gasteiger partial charge in [0.1, 0.15) is 0 Å². The normalized spacial score (nSPS) is 13.6. The lowest BCUT2D eigenvalue weighted by Gasteiger charge is -2.08. The van der Waals surface area contributed by atoms with E-state index in [4.69, 9.17) is 11.6 Å². The van der Waals surface area contributed by atoms with Crippen LogP contribution in [0.2, 0.25) is 5.02 Å². The molecule has 0 spiro atoms. The first kappa shape index (κ1) is 11.5. The van der Waals surface area contributed by atoms with Gasteiger partial charge in [-0.2, -0.15) is 0 Å². The minimum absolute atomic E-state index is 0.355. The number of hydrogen-bond donors (Lipinski definition) is 1. The quantitative estimate of drug-likeness (QED) is 0.841. The van der Waals surface area contributed by atoms with Crippen molar-refractivity contribution in [3.05, 3.63) is 35.0 Å². The van der Waals surface area contributed by atoms with Crippen molar-refractivity contribution in [2.45, 2.75) is 32.9 Å². The van der Waals surface area contributed by atoms with Gasteiger partial charge in [-0.15, -0.1) is 0 Å². The Morgan fingerprint density at radius 1 is 1.25 bits per heavy atom. The van der Waals surface area contributed by atoms with Crippen molar-refractivity contribution >= 4 is 22.5 Å². The second-order valence-corrected chi connectivity index (χ2v) is 4.86. The molecule has 2 nitrogen and oxygen atoms in total. The Kier molecular flexibility index (Phi) is 2.96. The van der Waals surface area contributed by atoms with Crippen molar-refractivity contribution in [3.8, 4) is 0 Å². The molecule has 1 aromatic carbocycles. The average molecular weight is 238 g/mol. The Morgan fingerprint density at radius 3 is 2.50 bits per heavy atom. The van der Waals surface area contributed by atoms with Gasteiger partial charge in [0.15, 0.2) is 0 Å². The molecule has 0 saturated carbocycles. The summed E-state index contributed by atoms with van der Waals surface area (Å²) in [5, 5.41) is 11.5. The number of fused-ring (bicyclic) bond motifs is 1. The van der Waals surface area contributed by atoms with Gasteiger partial charge in [0.2, 0.25) is 0 Å². The van der Waals surface area contributed by atoms with Crippen molar-refractivity contribution in [2.75, 3.05) is 0 Å². The topological polar surface area (TPSA) is 25.2 Å². The third kappa shape index (κ3) is 1.83. The smallest absolute Gasteiger partial charge is 0.0782 e.